The van der Waals surface area contributed by atoms with Crippen LogP contribution in [0.25, 0.3) is 0 Å². The number of hydrogen-bond donors (Lipinski definition) is 1. The van der Waals surface area contributed by atoms with Gasteiger partial charge in [-0.15, -0.1) is 0 Å². The fourth-order valence-corrected chi connectivity index (χ4v) is 2.65. The van der Waals surface area contributed by atoms with Crippen LogP contribution in [0, 0.1) is 0 Å². The van der Waals surface area contributed by atoms with Crippen LogP contribution < -0.4 is 0 Å². The van der Waals surface area contributed by atoms with Crippen molar-refractivity contribution in [2.75, 3.05) is 0 Å². The van der Waals surface area contributed by atoms with E-state index >= 15 is 0 Å². The molecule has 128 valence electrons. The van der Waals surface area contributed by atoms with Crippen LogP contribution in [0.2, 0.25) is 0 Å². The monoisotopic (exact) mass is 450 g/mol. The van der Waals surface area contributed by atoms with E-state index in [9.17, 15) is 4.79 Å². The predicted octanol–water partition coefficient (Wildman–Crippen LogP) is 6.02. The van der Waals surface area contributed by atoms with Crippen LogP contribution in [0.1, 0.15) is 115 Å². The maximum atomic E-state index is 10.3. The Kier molecular flexibility index (Phi) is 32.6. The third-order valence-corrected chi connectivity index (χ3v) is 3.99. The predicted molar refractivity (Wildman–Crippen MR) is 103 cm³/mol. The van der Waals surface area contributed by atoms with Crippen molar-refractivity contribution in [1.82, 2.24) is 0 Å². The minimum absolute atomic E-state index is 0. The largest absolute Gasteiger partial charge is 2.00 e. The summed E-state index contributed by atoms with van der Waals surface area (Å²) in [5, 5.41) is 8.52. The third kappa shape index (κ3) is 26.7. The summed E-state index contributed by atoms with van der Waals surface area (Å²) in [7, 11) is 0. The van der Waals surface area contributed by atoms with Crippen molar-refractivity contribution in [2.24, 2.45) is 0 Å². The van der Waals surface area contributed by atoms with Crippen LogP contribution in [0.4, 0.5) is 0 Å². The van der Waals surface area contributed by atoms with Crippen molar-refractivity contribution < 1.29 is 15.6 Å². The van der Waals surface area contributed by atoms with Crippen molar-refractivity contribution in [3.8, 4) is 0 Å². The molecule has 0 amide bonds. The number of aliphatic carboxylic acids is 1. The van der Waals surface area contributed by atoms with E-state index < -0.39 is 5.97 Å². The maximum absolute atomic E-state index is 10.3. The maximum Gasteiger partial charge on any atom is 2.00 e. The molecule has 0 radical (unpaired) electrons. The summed E-state index contributed by atoms with van der Waals surface area (Å²) < 4.78 is 0. The van der Waals surface area contributed by atoms with Crippen LogP contribution in [0.15, 0.2) is 0 Å². The molecular weight excluding hydrogens is 410 g/mol. The summed E-state index contributed by atoms with van der Waals surface area (Å²) in [5.41, 5.74) is 0. The van der Waals surface area contributed by atoms with Gasteiger partial charge in [0.2, 0.25) is 0 Å². The van der Waals surface area contributed by atoms with Crippen LogP contribution in [0.5, 0.6) is 0 Å². The first-order valence-corrected chi connectivity index (χ1v) is 8.99. The molecule has 0 saturated carbocycles. The molecule has 0 unspecified atom stereocenters. The first kappa shape index (κ1) is 28.6. The number of unbranched alkanes of at least 4 members (excludes halogenated alkanes) is 14. The fraction of sp³-hybridized carbons (Fsp3) is 0.944. The third-order valence-electron chi connectivity index (χ3n) is 3.99. The molecule has 0 saturated heterocycles. The molecule has 0 bridgehead atoms. The quantitative estimate of drug-likeness (QED) is 0.231. The average Bonchev–Trinajstić information content (AvgIpc) is 2.43. The Bertz CT molecular complexity index is 229. The Morgan fingerprint density at radius 2 is 0.955 bits per heavy atom. The van der Waals surface area contributed by atoms with Gasteiger partial charge in [0.15, 0.2) is 0 Å². The number of carboxylic acids is 1. The zero-order chi connectivity index (χ0) is 14.9. The van der Waals surface area contributed by atoms with E-state index in [2.05, 4.69) is 6.92 Å². The molecule has 0 rings (SSSR count). The molecule has 0 aromatic heterocycles. The second-order valence-electron chi connectivity index (χ2n) is 6.09. The number of carbonyl (C=O) groups is 1. The van der Waals surface area contributed by atoms with Gasteiger partial charge in [-0.1, -0.05) is 96.8 Å². The molecule has 0 heterocycles. The Morgan fingerprint density at radius 1 is 0.682 bits per heavy atom. The summed E-state index contributed by atoms with van der Waals surface area (Å²) in [6, 6.07) is 0. The average molecular weight is 450 g/mol. The fourth-order valence-electron chi connectivity index (χ4n) is 2.65. The molecule has 4 heteroatoms. The Morgan fingerprint density at radius 3 is 1.23 bits per heavy atom. The minimum Gasteiger partial charge on any atom is -1.00 e. The zero-order valence-electron chi connectivity index (χ0n) is 19.1. The molecule has 0 aliphatic carbocycles. The Balaban J connectivity index is -0.000000120. The van der Waals surface area contributed by atoms with Crippen molar-refractivity contribution >= 4 is 77.9 Å². The summed E-state index contributed by atoms with van der Waals surface area (Å²) in [5.74, 6) is -0.653. The van der Waals surface area contributed by atoms with E-state index in [-0.39, 0.29) is 77.6 Å². The second-order valence-corrected chi connectivity index (χ2v) is 6.09. The van der Waals surface area contributed by atoms with Gasteiger partial charge in [0, 0.05) is 6.42 Å². The van der Waals surface area contributed by atoms with E-state index in [0.717, 1.165) is 12.8 Å². The Labute approximate surface area is 201 Å². The summed E-state index contributed by atoms with van der Waals surface area (Å²) in [6.45, 7) is 2.27. The number of rotatable bonds is 16. The van der Waals surface area contributed by atoms with Crippen LogP contribution in [-0.2, 0) is 4.79 Å². The SMILES string of the molecule is CCCCCCCCCCCCCCCCCC(=O)O.[Ba+2].[H-].[H-].[H-].[H-].[Mg+2]. The van der Waals surface area contributed by atoms with E-state index in [0.29, 0.717) is 6.42 Å². The van der Waals surface area contributed by atoms with Gasteiger partial charge in [0.1, 0.15) is 0 Å². The number of carboxylic acid groups (broad SMARTS) is 1. The molecule has 0 fully saturated rings. The van der Waals surface area contributed by atoms with Crippen molar-refractivity contribution in [3.63, 3.8) is 0 Å². The van der Waals surface area contributed by atoms with Gasteiger partial charge in [-0.25, -0.2) is 0 Å². The number of hydrogen-bond acceptors (Lipinski definition) is 1. The molecule has 0 aromatic rings. The normalized spacial score (nSPS) is 9.86. The molecule has 0 atom stereocenters. The molecular formula is C18H40BaMgO2. The first-order chi connectivity index (χ1) is 9.77. The van der Waals surface area contributed by atoms with Crippen LogP contribution in [0.3, 0.4) is 0 Å². The molecule has 22 heavy (non-hydrogen) atoms. The smallest absolute Gasteiger partial charge is 1.00 e. The van der Waals surface area contributed by atoms with Gasteiger partial charge in [-0.05, 0) is 6.42 Å². The van der Waals surface area contributed by atoms with E-state index in [1.54, 1.807) is 0 Å². The molecule has 1 N–H and O–H groups in total. The van der Waals surface area contributed by atoms with Gasteiger partial charge >= 0.3 is 77.9 Å². The van der Waals surface area contributed by atoms with E-state index in [4.69, 9.17) is 5.11 Å². The Hall–Kier alpha value is 1.81. The van der Waals surface area contributed by atoms with Gasteiger partial charge < -0.3 is 10.8 Å². The molecule has 0 aromatic carbocycles. The molecule has 0 spiro atoms. The van der Waals surface area contributed by atoms with Crippen molar-refractivity contribution in [2.45, 2.75) is 110 Å². The molecule has 2 nitrogen and oxygen atoms in total. The van der Waals surface area contributed by atoms with E-state index in [1.165, 1.54) is 83.5 Å². The van der Waals surface area contributed by atoms with Crippen LogP contribution >= 0.6 is 0 Å². The van der Waals surface area contributed by atoms with Gasteiger partial charge in [0.25, 0.3) is 0 Å². The first-order valence-electron chi connectivity index (χ1n) is 8.99. The van der Waals surface area contributed by atoms with Gasteiger partial charge in [0.05, 0.1) is 0 Å². The summed E-state index contributed by atoms with van der Waals surface area (Å²) >= 11 is 0. The molecule has 0 aliphatic heterocycles. The van der Waals surface area contributed by atoms with Crippen molar-refractivity contribution in [1.29, 1.82) is 0 Å². The van der Waals surface area contributed by atoms with Gasteiger partial charge in [-0.3, -0.25) is 4.79 Å². The zero-order valence-corrected chi connectivity index (χ0v) is 20.9. The standard InChI is InChI=1S/C18H36O2.Ba.Mg.4H/c1-2-3-4-5-6-7-8-9-10-11-12-13-14-15-16-17-18(19)20;;;;;;/h2-17H2,1H3,(H,19,20);;;;;;/q;2*+2;4*-1. The van der Waals surface area contributed by atoms with Crippen LogP contribution in [-0.4, -0.2) is 83.0 Å². The second kappa shape index (κ2) is 25.1. The minimum atomic E-state index is -0.653. The topological polar surface area (TPSA) is 37.3 Å². The van der Waals surface area contributed by atoms with Crippen molar-refractivity contribution in [3.05, 3.63) is 0 Å². The summed E-state index contributed by atoms with van der Waals surface area (Å²) in [6.07, 6.45) is 20.2. The summed E-state index contributed by atoms with van der Waals surface area (Å²) in [4.78, 5) is 10.3. The van der Waals surface area contributed by atoms with Gasteiger partial charge in [-0.2, -0.15) is 0 Å². The molecule has 0 aliphatic rings. The van der Waals surface area contributed by atoms with E-state index in [1.807, 2.05) is 0 Å².